The van der Waals surface area contributed by atoms with Crippen molar-refractivity contribution in [3.63, 3.8) is 0 Å². The molecule has 0 aliphatic rings. The number of fused-ring (bicyclic) bond motifs is 6. The maximum atomic E-state index is 6.26. The normalized spacial score (nSPS) is 11.8. The highest BCUT2D eigenvalue weighted by atomic mass is 16.3. The van der Waals surface area contributed by atoms with E-state index in [0.717, 1.165) is 55.1 Å². The number of para-hydroxylation sites is 1. The molecular formula is C23H13NO2. The maximum Gasteiger partial charge on any atom is 0.161 e. The van der Waals surface area contributed by atoms with E-state index in [4.69, 9.17) is 8.83 Å². The molecule has 3 aromatic carbocycles. The first kappa shape index (κ1) is 13.7. The van der Waals surface area contributed by atoms with Gasteiger partial charge < -0.3 is 8.83 Å². The lowest BCUT2D eigenvalue weighted by Gasteiger charge is -2.00. The number of hydrogen-bond donors (Lipinski definition) is 0. The van der Waals surface area contributed by atoms with Crippen LogP contribution in [0.1, 0.15) is 0 Å². The summed E-state index contributed by atoms with van der Waals surface area (Å²) in [7, 11) is 0. The number of aromatic nitrogens is 1. The van der Waals surface area contributed by atoms with Gasteiger partial charge in [0.05, 0.1) is 0 Å². The Morgan fingerprint density at radius 1 is 0.577 bits per heavy atom. The van der Waals surface area contributed by atoms with Crippen LogP contribution in [-0.4, -0.2) is 4.98 Å². The Labute approximate surface area is 148 Å². The number of furan rings is 2. The standard InChI is InChI=1S/C23H13NO2/c1-2-6-14(7-3-1)22-23-16(10-11-24-22)18-13-20-17(12-21(18)26-23)15-8-4-5-9-19(15)25-20/h1-13H. The van der Waals surface area contributed by atoms with E-state index in [0.29, 0.717) is 0 Å². The number of benzene rings is 3. The predicted molar refractivity (Wildman–Crippen MR) is 104 cm³/mol. The lowest BCUT2D eigenvalue weighted by Crippen LogP contribution is -1.82. The van der Waals surface area contributed by atoms with Crippen molar-refractivity contribution in [1.82, 2.24) is 4.98 Å². The second kappa shape index (κ2) is 4.96. The number of pyridine rings is 1. The first-order valence-electron chi connectivity index (χ1n) is 8.56. The fourth-order valence-electron chi connectivity index (χ4n) is 3.72. The van der Waals surface area contributed by atoms with Gasteiger partial charge in [-0.25, -0.2) is 0 Å². The molecular weight excluding hydrogens is 322 g/mol. The molecule has 0 aliphatic heterocycles. The largest absolute Gasteiger partial charge is 0.456 e. The SMILES string of the molecule is c1ccc(-c2nccc3c2oc2cc4c(cc23)oc2ccccc24)cc1. The van der Waals surface area contributed by atoms with Crippen LogP contribution in [0.5, 0.6) is 0 Å². The minimum Gasteiger partial charge on any atom is -0.456 e. The van der Waals surface area contributed by atoms with Crippen LogP contribution in [0.4, 0.5) is 0 Å². The van der Waals surface area contributed by atoms with E-state index in [2.05, 4.69) is 23.2 Å². The van der Waals surface area contributed by atoms with Gasteiger partial charge in [0.2, 0.25) is 0 Å². The summed E-state index contributed by atoms with van der Waals surface area (Å²) in [5.74, 6) is 0. The second-order valence-corrected chi connectivity index (χ2v) is 6.45. The third-order valence-corrected chi connectivity index (χ3v) is 4.93. The quantitative estimate of drug-likeness (QED) is 0.342. The van der Waals surface area contributed by atoms with E-state index in [1.165, 1.54) is 0 Å². The Morgan fingerprint density at radius 2 is 1.31 bits per heavy atom. The smallest absolute Gasteiger partial charge is 0.161 e. The van der Waals surface area contributed by atoms with Crippen LogP contribution >= 0.6 is 0 Å². The summed E-state index contributed by atoms with van der Waals surface area (Å²) < 4.78 is 12.3. The third-order valence-electron chi connectivity index (χ3n) is 4.93. The Morgan fingerprint density at radius 3 is 2.19 bits per heavy atom. The van der Waals surface area contributed by atoms with Crippen LogP contribution in [-0.2, 0) is 0 Å². The first-order valence-corrected chi connectivity index (χ1v) is 8.56. The zero-order valence-electron chi connectivity index (χ0n) is 13.8. The maximum absolute atomic E-state index is 6.26. The van der Waals surface area contributed by atoms with Gasteiger partial charge in [0.25, 0.3) is 0 Å². The van der Waals surface area contributed by atoms with Gasteiger partial charge >= 0.3 is 0 Å². The van der Waals surface area contributed by atoms with Crippen molar-refractivity contribution in [2.45, 2.75) is 0 Å². The molecule has 122 valence electrons. The zero-order valence-corrected chi connectivity index (χ0v) is 13.8. The van der Waals surface area contributed by atoms with Crippen molar-refractivity contribution in [3.8, 4) is 11.3 Å². The summed E-state index contributed by atoms with van der Waals surface area (Å²) in [4.78, 5) is 4.56. The summed E-state index contributed by atoms with van der Waals surface area (Å²) >= 11 is 0. The number of hydrogen-bond acceptors (Lipinski definition) is 3. The molecule has 6 rings (SSSR count). The van der Waals surface area contributed by atoms with Gasteiger partial charge in [-0.3, -0.25) is 4.98 Å². The Kier molecular flexibility index (Phi) is 2.61. The van der Waals surface area contributed by atoms with Gasteiger partial charge in [-0.2, -0.15) is 0 Å². The predicted octanol–water partition coefficient (Wildman–Crippen LogP) is 6.55. The van der Waals surface area contributed by atoms with Crippen LogP contribution in [0.3, 0.4) is 0 Å². The van der Waals surface area contributed by atoms with Crippen LogP contribution in [0.2, 0.25) is 0 Å². The summed E-state index contributed by atoms with van der Waals surface area (Å²) in [6, 6.07) is 24.4. The molecule has 0 amide bonds. The lowest BCUT2D eigenvalue weighted by molar-refractivity contribution is 0.663. The van der Waals surface area contributed by atoms with Gasteiger partial charge in [0.1, 0.15) is 22.4 Å². The fraction of sp³-hybridized carbons (Fsp3) is 0. The third kappa shape index (κ3) is 1.80. The molecule has 3 heterocycles. The minimum absolute atomic E-state index is 0.811. The van der Waals surface area contributed by atoms with E-state index in [-0.39, 0.29) is 0 Å². The Bertz CT molecular complexity index is 1420. The molecule has 0 aliphatic carbocycles. The molecule has 26 heavy (non-hydrogen) atoms. The minimum atomic E-state index is 0.811. The van der Waals surface area contributed by atoms with Gasteiger partial charge in [0, 0.05) is 33.3 Å². The Hall–Kier alpha value is -3.59. The van der Waals surface area contributed by atoms with E-state index < -0.39 is 0 Å². The highest BCUT2D eigenvalue weighted by Gasteiger charge is 2.16. The molecule has 0 fully saturated rings. The van der Waals surface area contributed by atoms with Gasteiger partial charge in [-0.1, -0.05) is 48.5 Å². The molecule has 0 radical (unpaired) electrons. The van der Waals surface area contributed by atoms with Crippen molar-refractivity contribution in [3.05, 3.63) is 79.0 Å². The molecule has 3 aromatic heterocycles. The molecule has 0 N–H and O–H groups in total. The molecule has 0 bridgehead atoms. The molecule has 3 heteroatoms. The van der Waals surface area contributed by atoms with E-state index >= 15 is 0 Å². The summed E-state index contributed by atoms with van der Waals surface area (Å²) in [6.07, 6.45) is 1.84. The number of nitrogens with zero attached hydrogens (tertiary/aromatic N) is 1. The van der Waals surface area contributed by atoms with Crippen molar-refractivity contribution >= 4 is 43.9 Å². The fourth-order valence-corrected chi connectivity index (χ4v) is 3.72. The van der Waals surface area contributed by atoms with Crippen LogP contribution in [0.15, 0.2) is 87.8 Å². The van der Waals surface area contributed by atoms with Gasteiger partial charge in [-0.15, -0.1) is 0 Å². The van der Waals surface area contributed by atoms with E-state index in [9.17, 15) is 0 Å². The summed E-state index contributed by atoms with van der Waals surface area (Å²) in [5.41, 5.74) is 5.34. The molecule has 0 atom stereocenters. The average molecular weight is 335 g/mol. The molecule has 6 aromatic rings. The van der Waals surface area contributed by atoms with Crippen molar-refractivity contribution in [1.29, 1.82) is 0 Å². The Balaban J connectivity index is 1.73. The van der Waals surface area contributed by atoms with Crippen molar-refractivity contribution in [2.24, 2.45) is 0 Å². The van der Waals surface area contributed by atoms with Crippen molar-refractivity contribution < 1.29 is 8.83 Å². The zero-order chi connectivity index (χ0) is 17.1. The lowest BCUT2D eigenvalue weighted by atomic mass is 10.1. The average Bonchev–Trinajstić information content (AvgIpc) is 3.24. The number of rotatable bonds is 1. The topological polar surface area (TPSA) is 39.2 Å². The highest BCUT2D eigenvalue weighted by molar-refractivity contribution is 6.16. The van der Waals surface area contributed by atoms with Crippen LogP contribution < -0.4 is 0 Å². The summed E-state index contributed by atoms with van der Waals surface area (Å²) in [5, 5.41) is 4.27. The van der Waals surface area contributed by atoms with Gasteiger partial charge in [0.15, 0.2) is 5.58 Å². The monoisotopic (exact) mass is 335 g/mol. The highest BCUT2D eigenvalue weighted by Crippen LogP contribution is 2.38. The molecule has 0 spiro atoms. The van der Waals surface area contributed by atoms with E-state index in [1.54, 1.807) is 0 Å². The van der Waals surface area contributed by atoms with E-state index in [1.807, 2.05) is 60.8 Å². The van der Waals surface area contributed by atoms with Crippen molar-refractivity contribution in [2.75, 3.05) is 0 Å². The molecule has 0 saturated heterocycles. The van der Waals surface area contributed by atoms with Crippen LogP contribution in [0.25, 0.3) is 55.1 Å². The molecule has 0 saturated carbocycles. The van der Waals surface area contributed by atoms with Crippen LogP contribution in [0, 0.1) is 0 Å². The first-order chi connectivity index (χ1) is 12.9. The molecule has 0 unspecified atom stereocenters. The molecule has 3 nitrogen and oxygen atoms in total. The van der Waals surface area contributed by atoms with Gasteiger partial charge in [-0.05, 0) is 24.3 Å². The second-order valence-electron chi connectivity index (χ2n) is 6.45. The summed E-state index contributed by atoms with van der Waals surface area (Å²) in [6.45, 7) is 0.